The maximum Gasteiger partial charge on any atom is 0.212 e. The lowest BCUT2D eigenvalue weighted by atomic mass is 9.85. The lowest BCUT2D eigenvalue weighted by Gasteiger charge is -2.39. The van der Waals surface area contributed by atoms with Crippen molar-refractivity contribution in [2.24, 2.45) is 0 Å². The van der Waals surface area contributed by atoms with E-state index in [0.717, 1.165) is 11.6 Å². The fourth-order valence-corrected chi connectivity index (χ4v) is 3.30. The SMILES string of the molecule is COc1ccc(C2(O)CCN(CC(O)c3ccc(O)cc3F)CC2)cn1. The summed E-state index contributed by atoms with van der Waals surface area (Å²) in [5.41, 5.74) is -0.0732. The van der Waals surface area contributed by atoms with Crippen LogP contribution in [0, 0.1) is 5.82 Å². The number of methoxy groups -OCH3 is 1. The highest BCUT2D eigenvalue weighted by molar-refractivity contribution is 5.29. The summed E-state index contributed by atoms with van der Waals surface area (Å²) in [4.78, 5) is 6.13. The van der Waals surface area contributed by atoms with E-state index in [2.05, 4.69) is 4.98 Å². The normalized spacial score (nSPS) is 18.5. The fraction of sp³-hybridized carbons (Fsp3) is 0.421. The Kier molecular flexibility index (Phi) is 5.41. The molecule has 2 aromatic rings. The van der Waals surface area contributed by atoms with Crippen LogP contribution in [0.5, 0.6) is 11.6 Å². The predicted molar refractivity (Wildman–Crippen MR) is 93.4 cm³/mol. The smallest absolute Gasteiger partial charge is 0.212 e. The number of ether oxygens (including phenoxy) is 1. The maximum absolute atomic E-state index is 13.9. The number of nitrogens with zero attached hydrogens (tertiary/aromatic N) is 2. The van der Waals surface area contributed by atoms with E-state index < -0.39 is 17.5 Å². The molecule has 0 amide bonds. The highest BCUT2D eigenvalue weighted by Crippen LogP contribution is 2.33. The molecular weight excluding hydrogens is 339 g/mol. The summed E-state index contributed by atoms with van der Waals surface area (Å²) in [6.45, 7) is 1.40. The van der Waals surface area contributed by atoms with Crippen molar-refractivity contribution in [3.63, 3.8) is 0 Å². The minimum Gasteiger partial charge on any atom is -0.508 e. The van der Waals surface area contributed by atoms with E-state index in [1.54, 1.807) is 12.3 Å². The third-order valence-corrected chi connectivity index (χ3v) is 4.94. The summed E-state index contributed by atoms with van der Waals surface area (Å²) in [5, 5.41) is 30.5. The third kappa shape index (κ3) is 3.95. The number of β-amino-alcohol motifs (C(OH)–C–C–N with tert-alkyl or cyclic N) is 1. The summed E-state index contributed by atoms with van der Waals surface area (Å²) < 4.78 is 18.9. The summed E-state index contributed by atoms with van der Waals surface area (Å²) in [7, 11) is 1.54. The van der Waals surface area contributed by atoms with Crippen molar-refractivity contribution in [2.75, 3.05) is 26.7 Å². The van der Waals surface area contributed by atoms with Crippen LogP contribution in [0.4, 0.5) is 4.39 Å². The molecule has 1 aliphatic heterocycles. The van der Waals surface area contributed by atoms with Crippen molar-refractivity contribution in [1.29, 1.82) is 0 Å². The molecule has 0 saturated carbocycles. The Hall–Kier alpha value is -2.22. The van der Waals surface area contributed by atoms with Gasteiger partial charge in [-0.15, -0.1) is 0 Å². The predicted octanol–water partition coefficient (Wildman–Crippen LogP) is 1.95. The van der Waals surface area contributed by atoms with Crippen LogP contribution >= 0.6 is 0 Å². The number of aromatic hydroxyl groups is 1. The largest absolute Gasteiger partial charge is 0.508 e. The number of hydrogen-bond acceptors (Lipinski definition) is 6. The molecule has 0 radical (unpaired) electrons. The minimum atomic E-state index is -0.996. The Morgan fingerprint density at radius 1 is 1.27 bits per heavy atom. The molecule has 0 spiro atoms. The van der Waals surface area contributed by atoms with Crippen molar-refractivity contribution in [3.05, 3.63) is 53.5 Å². The topological polar surface area (TPSA) is 86.1 Å². The second-order valence-electron chi connectivity index (χ2n) is 6.64. The molecule has 1 unspecified atom stereocenters. The lowest BCUT2D eigenvalue weighted by Crippen LogP contribution is -2.44. The van der Waals surface area contributed by atoms with Crippen LogP contribution in [0.1, 0.15) is 30.1 Å². The summed E-state index contributed by atoms with van der Waals surface area (Å²) >= 11 is 0. The Morgan fingerprint density at radius 2 is 2.00 bits per heavy atom. The molecule has 1 saturated heterocycles. The number of phenols is 1. The first kappa shape index (κ1) is 18.6. The zero-order valence-corrected chi connectivity index (χ0v) is 14.6. The standard InChI is InChI=1S/C19H23FN2O4/c1-26-18-5-2-13(11-21-18)19(25)6-8-22(9-7-19)12-17(24)15-4-3-14(23)10-16(15)20/h2-5,10-11,17,23-25H,6-9,12H2,1H3. The Labute approximate surface area is 151 Å². The van der Waals surface area contributed by atoms with Crippen LogP contribution in [-0.2, 0) is 5.60 Å². The van der Waals surface area contributed by atoms with Crippen molar-refractivity contribution >= 4 is 0 Å². The number of aromatic nitrogens is 1. The molecule has 1 fully saturated rings. The number of piperidine rings is 1. The zero-order chi connectivity index (χ0) is 18.7. The van der Waals surface area contributed by atoms with Gasteiger partial charge >= 0.3 is 0 Å². The molecular formula is C19H23FN2O4. The van der Waals surface area contributed by atoms with E-state index in [-0.39, 0.29) is 17.9 Å². The number of likely N-dealkylation sites (tertiary alicyclic amines) is 1. The van der Waals surface area contributed by atoms with Gasteiger partial charge in [-0.1, -0.05) is 0 Å². The summed E-state index contributed by atoms with van der Waals surface area (Å²) in [6.07, 6.45) is 1.61. The van der Waals surface area contributed by atoms with Gasteiger partial charge in [0, 0.05) is 49.1 Å². The van der Waals surface area contributed by atoms with Gasteiger partial charge in [-0.25, -0.2) is 9.37 Å². The number of pyridine rings is 1. The van der Waals surface area contributed by atoms with Crippen molar-refractivity contribution in [3.8, 4) is 11.6 Å². The van der Waals surface area contributed by atoms with Gasteiger partial charge in [0.1, 0.15) is 11.6 Å². The number of rotatable bonds is 5. The van der Waals surface area contributed by atoms with Gasteiger partial charge in [0.25, 0.3) is 0 Å². The van der Waals surface area contributed by atoms with Gasteiger partial charge in [-0.05, 0) is 31.0 Å². The molecule has 1 aromatic carbocycles. The highest BCUT2D eigenvalue weighted by Gasteiger charge is 2.35. The molecule has 1 aromatic heterocycles. The van der Waals surface area contributed by atoms with Gasteiger partial charge in [-0.2, -0.15) is 0 Å². The van der Waals surface area contributed by atoms with Crippen LogP contribution in [0.3, 0.4) is 0 Å². The summed E-state index contributed by atoms with van der Waals surface area (Å²) in [6, 6.07) is 7.26. The van der Waals surface area contributed by atoms with Crippen LogP contribution in [0.25, 0.3) is 0 Å². The molecule has 1 atom stereocenters. The maximum atomic E-state index is 13.9. The first-order chi connectivity index (χ1) is 12.4. The zero-order valence-electron chi connectivity index (χ0n) is 14.6. The average molecular weight is 362 g/mol. The molecule has 1 aliphatic rings. The summed E-state index contributed by atoms with van der Waals surface area (Å²) in [5.74, 6) is -0.307. The van der Waals surface area contributed by atoms with Gasteiger partial charge in [-0.3, -0.25) is 0 Å². The Bertz CT molecular complexity index is 746. The number of aliphatic hydroxyl groups is 2. The third-order valence-electron chi connectivity index (χ3n) is 4.94. The lowest BCUT2D eigenvalue weighted by molar-refractivity contribution is -0.0349. The molecule has 140 valence electrons. The highest BCUT2D eigenvalue weighted by atomic mass is 19.1. The van der Waals surface area contributed by atoms with Crippen molar-refractivity contribution in [2.45, 2.75) is 24.5 Å². The van der Waals surface area contributed by atoms with Crippen LogP contribution in [-0.4, -0.2) is 51.9 Å². The number of halogens is 1. The Morgan fingerprint density at radius 3 is 2.58 bits per heavy atom. The fourth-order valence-electron chi connectivity index (χ4n) is 3.30. The quantitative estimate of drug-likeness (QED) is 0.754. The molecule has 3 N–H and O–H groups in total. The van der Waals surface area contributed by atoms with Gasteiger partial charge in [0.15, 0.2) is 0 Å². The molecule has 7 heteroatoms. The first-order valence-corrected chi connectivity index (χ1v) is 8.53. The Balaban J connectivity index is 1.60. The van der Waals surface area contributed by atoms with Crippen LogP contribution < -0.4 is 4.74 Å². The monoisotopic (exact) mass is 362 g/mol. The van der Waals surface area contributed by atoms with Gasteiger partial charge in [0.2, 0.25) is 5.88 Å². The first-order valence-electron chi connectivity index (χ1n) is 8.53. The van der Waals surface area contributed by atoms with E-state index >= 15 is 0 Å². The second-order valence-corrected chi connectivity index (χ2v) is 6.64. The van der Waals surface area contributed by atoms with Crippen molar-refractivity contribution in [1.82, 2.24) is 9.88 Å². The second kappa shape index (κ2) is 7.57. The molecule has 2 heterocycles. The number of hydrogen-bond donors (Lipinski definition) is 3. The molecule has 6 nitrogen and oxygen atoms in total. The number of phenolic OH excluding ortho intramolecular Hbond substituents is 1. The van der Waals surface area contributed by atoms with E-state index in [4.69, 9.17) is 4.74 Å². The average Bonchev–Trinajstić information content (AvgIpc) is 2.63. The van der Waals surface area contributed by atoms with Gasteiger partial charge in [0.05, 0.1) is 18.8 Å². The van der Waals surface area contributed by atoms with Crippen molar-refractivity contribution < 1.29 is 24.4 Å². The molecule has 3 rings (SSSR count). The number of aliphatic hydroxyl groups excluding tert-OH is 1. The van der Waals surface area contributed by atoms with E-state index in [1.165, 1.54) is 19.2 Å². The van der Waals surface area contributed by atoms with E-state index in [0.29, 0.717) is 31.8 Å². The van der Waals surface area contributed by atoms with E-state index in [9.17, 15) is 19.7 Å². The van der Waals surface area contributed by atoms with E-state index in [1.807, 2.05) is 11.0 Å². The molecule has 0 bridgehead atoms. The van der Waals surface area contributed by atoms with Gasteiger partial charge < -0.3 is 25.0 Å². The van der Waals surface area contributed by atoms with Crippen LogP contribution in [0.15, 0.2) is 36.5 Å². The van der Waals surface area contributed by atoms with Crippen LogP contribution in [0.2, 0.25) is 0 Å². The minimum absolute atomic E-state index is 0.156. The molecule has 26 heavy (non-hydrogen) atoms. The number of benzene rings is 1. The molecule has 0 aliphatic carbocycles.